The number of hydrogen-bond donors (Lipinski definition) is 0. The molecule has 23 heavy (non-hydrogen) atoms. The van der Waals surface area contributed by atoms with Gasteiger partial charge in [0.1, 0.15) is 12.4 Å². The van der Waals surface area contributed by atoms with Gasteiger partial charge in [-0.15, -0.1) is 0 Å². The Morgan fingerprint density at radius 1 is 1.30 bits per heavy atom. The van der Waals surface area contributed by atoms with Crippen molar-refractivity contribution in [3.05, 3.63) is 48.4 Å². The van der Waals surface area contributed by atoms with Gasteiger partial charge in [0.15, 0.2) is 5.76 Å². The van der Waals surface area contributed by atoms with E-state index in [0.717, 1.165) is 6.42 Å². The second kappa shape index (κ2) is 6.56. The van der Waals surface area contributed by atoms with Gasteiger partial charge in [0.2, 0.25) is 5.91 Å². The summed E-state index contributed by atoms with van der Waals surface area (Å²) >= 11 is 0. The number of carbonyl (C=O) groups excluding carboxylic acids is 2. The summed E-state index contributed by atoms with van der Waals surface area (Å²) in [4.78, 5) is 27.9. The number of hydrogen-bond acceptors (Lipinski definition) is 4. The van der Waals surface area contributed by atoms with Crippen molar-refractivity contribution in [3.63, 3.8) is 0 Å². The number of benzene rings is 1. The predicted octanol–water partition coefficient (Wildman–Crippen LogP) is 2.51. The van der Waals surface area contributed by atoms with E-state index in [2.05, 4.69) is 0 Å². The summed E-state index contributed by atoms with van der Waals surface area (Å²) in [6, 6.07) is 10.5. The van der Waals surface area contributed by atoms with Gasteiger partial charge in [0.25, 0.3) is 5.91 Å². The van der Waals surface area contributed by atoms with Crippen molar-refractivity contribution in [2.45, 2.75) is 12.8 Å². The molecule has 1 aromatic carbocycles. The van der Waals surface area contributed by atoms with Crippen molar-refractivity contribution in [1.29, 1.82) is 0 Å². The standard InChI is InChI=1S/C17H18N2O4/c1-22-14-7-3-2-6-13(14)19(12-18-10-4-9-16(18)20)17(21)15-8-5-11-23-15/h2-3,5-8,11H,4,9-10,12H2,1H3. The fourth-order valence-electron chi connectivity index (χ4n) is 2.66. The summed E-state index contributed by atoms with van der Waals surface area (Å²) in [5.74, 6) is 0.540. The number of carbonyl (C=O) groups is 2. The van der Waals surface area contributed by atoms with E-state index < -0.39 is 0 Å². The van der Waals surface area contributed by atoms with Crippen LogP contribution in [-0.2, 0) is 4.79 Å². The van der Waals surface area contributed by atoms with E-state index in [0.29, 0.717) is 24.4 Å². The summed E-state index contributed by atoms with van der Waals surface area (Å²) in [5, 5.41) is 0. The summed E-state index contributed by atoms with van der Waals surface area (Å²) in [6.07, 6.45) is 2.79. The molecule has 2 heterocycles. The van der Waals surface area contributed by atoms with E-state index in [4.69, 9.17) is 9.15 Å². The molecule has 1 saturated heterocycles. The molecule has 6 heteroatoms. The number of nitrogens with zero attached hydrogens (tertiary/aromatic N) is 2. The highest BCUT2D eigenvalue weighted by atomic mass is 16.5. The second-order valence-electron chi connectivity index (χ2n) is 5.28. The Morgan fingerprint density at radius 2 is 2.13 bits per heavy atom. The van der Waals surface area contributed by atoms with Crippen molar-refractivity contribution in [1.82, 2.24) is 4.90 Å². The molecule has 1 aromatic heterocycles. The van der Waals surface area contributed by atoms with Gasteiger partial charge in [-0.25, -0.2) is 0 Å². The van der Waals surface area contributed by atoms with Gasteiger partial charge in [-0.1, -0.05) is 12.1 Å². The number of para-hydroxylation sites is 2. The van der Waals surface area contributed by atoms with Crippen molar-refractivity contribution in [3.8, 4) is 5.75 Å². The Balaban J connectivity index is 1.95. The minimum atomic E-state index is -0.306. The SMILES string of the molecule is COc1ccccc1N(CN1CCCC1=O)C(=O)c1ccco1. The lowest BCUT2D eigenvalue weighted by atomic mass is 10.2. The maximum atomic E-state index is 12.8. The number of anilines is 1. The van der Waals surface area contributed by atoms with Crippen LogP contribution in [0.5, 0.6) is 5.75 Å². The van der Waals surface area contributed by atoms with E-state index in [-0.39, 0.29) is 24.2 Å². The minimum Gasteiger partial charge on any atom is -0.495 e. The molecule has 1 aliphatic heterocycles. The zero-order chi connectivity index (χ0) is 16.2. The molecule has 2 amide bonds. The van der Waals surface area contributed by atoms with Gasteiger partial charge in [-0.05, 0) is 30.7 Å². The van der Waals surface area contributed by atoms with Crippen LogP contribution in [0.3, 0.4) is 0 Å². The highest BCUT2D eigenvalue weighted by Gasteiger charge is 2.28. The van der Waals surface area contributed by atoms with E-state index in [1.54, 1.807) is 36.3 Å². The number of methoxy groups -OCH3 is 1. The first-order valence-electron chi connectivity index (χ1n) is 7.47. The van der Waals surface area contributed by atoms with Crippen LogP contribution in [0, 0.1) is 0 Å². The van der Waals surface area contributed by atoms with Crippen LogP contribution < -0.4 is 9.64 Å². The molecule has 1 fully saturated rings. The molecule has 3 rings (SSSR count). The quantitative estimate of drug-likeness (QED) is 0.850. The topological polar surface area (TPSA) is 63.0 Å². The molecule has 0 saturated carbocycles. The normalized spacial score (nSPS) is 14.1. The van der Waals surface area contributed by atoms with Crippen LogP contribution in [-0.4, -0.2) is 37.0 Å². The molecule has 0 bridgehead atoms. The fourth-order valence-corrected chi connectivity index (χ4v) is 2.66. The monoisotopic (exact) mass is 314 g/mol. The summed E-state index contributed by atoms with van der Waals surface area (Å²) in [7, 11) is 1.55. The van der Waals surface area contributed by atoms with Crippen molar-refractivity contribution in [2.24, 2.45) is 0 Å². The number of likely N-dealkylation sites (tertiary alicyclic amines) is 1. The van der Waals surface area contributed by atoms with Crippen LogP contribution in [0.1, 0.15) is 23.4 Å². The number of ether oxygens (including phenoxy) is 1. The summed E-state index contributed by atoms with van der Waals surface area (Å²) in [6.45, 7) is 0.828. The highest BCUT2D eigenvalue weighted by Crippen LogP contribution is 2.29. The molecule has 0 spiro atoms. The van der Waals surface area contributed by atoms with Gasteiger partial charge < -0.3 is 14.1 Å². The third-order valence-electron chi connectivity index (χ3n) is 3.84. The molecule has 0 atom stereocenters. The maximum Gasteiger partial charge on any atom is 0.295 e. The molecule has 1 aliphatic rings. The van der Waals surface area contributed by atoms with Crippen LogP contribution in [0.4, 0.5) is 5.69 Å². The Bertz CT molecular complexity index is 696. The first kappa shape index (κ1) is 15.1. The molecule has 6 nitrogen and oxygen atoms in total. The van der Waals surface area contributed by atoms with E-state index in [1.165, 1.54) is 11.2 Å². The molecule has 2 aromatic rings. The van der Waals surface area contributed by atoms with Gasteiger partial charge in [-0.3, -0.25) is 14.5 Å². The van der Waals surface area contributed by atoms with Gasteiger partial charge in [0.05, 0.1) is 19.1 Å². The van der Waals surface area contributed by atoms with Gasteiger partial charge >= 0.3 is 0 Å². The number of furan rings is 1. The minimum absolute atomic E-state index is 0.0529. The third kappa shape index (κ3) is 3.06. The Hall–Kier alpha value is -2.76. The molecule has 0 unspecified atom stereocenters. The Kier molecular flexibility index (Phi) is 4.32. The van der Waals surface area contributed by atoms with Gasteiger partial charge in [0, 0.05) is 13.0 Å². The number of rotatable bonds is 5. The zero-order valence-corrected chi connectivity index (χ0v) is 12.9. The lowest BCUT2D eigenvalue weighted by molar-refractivity contribution is -0.127. The average molecular weight is 314 g/mol. The first-order valence-corrected chi connectivity index (χ1v) is 7.47. The van der Waals surface area contributed by atoms with E-state index in [1.807, 2.05) is 12.1 Å². The Morgan fingerprint density at radius 3 is 2.78 bits per heavy atom. The third-order valence-corrected chi connectivity index (χ3v) is 3.84. The largest absolute Gasteiger partial charge is 0.495 e. The number of amides is 2. The smallest absolute Gasteiger partial charge is 0.295 e. The Labute approximate surface area is 134 Å². The molecular weight excluding hydrogens is 296 g/mol. The lowest BCUT2D eigenvalue weighted by Crippen LogP contribution is -2.42. The molecular formula is C17H18N2O4. The van der Waals surface area contributed by atoms with Crippen LogP contribution in [0.15, 0.2) is 47.1 Å². The highest BCUT2D eigenvalue weighted by molar-refractivity contribution is 6.05. The molecule has 120 valence electrons. The van der Waals surface area contributed by atoms with E-state index in [9.17, 15) is 9.59 Å². The summed E-state index contributed by atoms with van der Waals surface area (Å²) in [5.41, 5.74) is 0.608. The predicted molar refractivity (Wildman–Crippen MR) is 84.3 cm³/mol. The van der Waals surface area contributed by atoms with Crippen LogP contribution in [0.25, 0.3) is 0 Å². The van der Waals surface area contributed by atoms with Gasteiger partial charge in [-0.2, -0.15) is 0 Å². The average Bonchev–Trinajstić information content (AvgIpc) is 3.24. The van der Waals surface area contributed by atoms with Crippen molar-refractivity contribution in [2.75, 3.05) is 25.2 Å². The zero-order valence-electron chi connectivity index (χ0n) is 12.9. The molecule has 0 radical (unpaired) electrons. The maximum absolute atomic E-state index is 12.8. The fraction of sp³-hybridized carbons (Fsp3) is 0.294. The first-order chi connectivity index (χ1) is 11.2. The lowest BCUT2D eigenvalue weighted by Gasteiger charge is -2.28. The van der Waals surface area contributed by atoms with E-state index >= 15 is 0 Å². The summed E-state index contributed by atoms with van der Waals surface area (Å²) < 4.78 is 10.6. The van der Waals surface area contributed by atoms with Crippen LogP contribution >= 0.6 is 0 Å². The second-order valence-corrected chi connectivity index (χ2v) is 5.28. The van der Waals surface area contributed by atoms with Crippen molar-refractivity contribution >= 4 is 17.5 Å². The molecule has 0 aliphatic carbocycles. The molecule has 0 N–H and O–H groups in total. The van der Waals surface area contributed by atoms with Crippen LogP contribution in [0.2, 0.25) is 0 Å². The van der Waals surface area contributed by atoms with Crippen molar-refractivity contribution < 1.29 is 18.7 Å².